The molecule has 2 aromatic carbocycles. The normalized spacial score (nSPS) is 14.2. The van der Waals surface area contributed by atoms with E-state index in [2.05, 4.69) is 14.7 Å². The number of esters is 1. The van der Waals surface area contributed by atoms with Crippen molar-refractivity contribution in [2.75, 3.05) is 7.11 Å². The first-order chi connectivity index (χ1) is 16.0. The first-order valence-electron chi connectivity index (χ1n) is 10.1. The molecular formula is C24H22ClF3N2O4. The molecule has 1 heterocycles. The lowest BCUT2D eigenvalue weighted by molar-refractivity contribution is -0.276. The van der Waals surface area contributed by atoms with Crippen LogP contribution >= 0.6 is 11.6 Å². The highest BCUT2D eigenvalue weighted by molar-refractivity contribution is 6.31. The average Bonchev–Trinajstić information content (AvgIpc) is 2.81. The standard InChI is InChI=1S/C24H22ClF3N2O4/c1-14-11-30-21(12-29-14)23(32,24(26,27)28)15(2)19-9-8-18(10-20(19)25)34-13-16-4-6-17(7-5-16)22(31)33-3/h4-12,15,32H,13H2,1-3H3. The molecule has 180 valence electrons. The molecule has 0 fully saturated rings. The molecule has 34 heavy (non-hydrogen) atoms. The zero-order valence-electron chi connectivity index (χ0n) is 18.6. The molecule has 0 aliphatic rings. The second kappa shape index (κ2) is 9.99. The number of nitrogens with zero attached hydrogens (tertiary/aromatic N) is 2. The van der Waals surface area contributed by atoms with E-state index in [1.807, 2.05) is 0 Å². The van der Waals surface area contributed by atoms with Gasteiger partial charge in [-0.15, -0.1) is 0 Å². The van der Waals surface area contributed by atoms with Crippen LogP contribution in [0.4, 0.5) is 13.2 Å². The Labute approximate surface area is 199 Å². The minimum atomic E-state index is -5.04. The van der Waals surface area contributed by atoms with Gasteiger partial charge in [0.25, 0.3) is 0 Å². The Hall–Kier alpha value is -3.17. The fraction of sp³-hybridized carbons (Fsp3) is 0.292. The molecule has 0 saturated carbocycles. The predicted octanol–water partition coefficient (Wildman–Crippen LogP) is 5.36. The van der Waals surface area contributed by atoms with Gasteiger partial charge in [-0.25, -0.2) is 4.79 Å². The van der Waals surface area contributed by atoms with Gasteiger partial charge in [-0.2, -0.15) is 13.2 Å². The lowest BCUT2D eigenvalue weighted by atomic mass is 9.80. The lowest BCUT2D eigenvalue weighted by Gasteiger charge is -2.35. The van der Waals surface area contributed by atoms with Crippen molar-refractivity contribution in [3.8, 4) is 5.75 Å². The number of carbonyl (C=O) groups is 1. The molecule has 2 unspecified atom stereocenters. The number of aryl methyl sites for hydroxylation is 1. The van der Waals surface area contributed by atoms with E-state index in [4.69, 9.17) is 16.3 Å². The number of aromatic nitrogens is 2. The van der Waals surface area contributed by atoms with Crippen LogP contribution in [0.15, 0.2) is 54.9 Å². The van der Waals surface area contributed by atoms with Crippen LogP contribution in [-0.4, -0.2) is 34.3 Å². The molecule has 10 heteroatoms. The van der Waals surface area contributed by atoms with Crippen LogP contribution < -0.4 is 4.74 Å². The largest absolute Gasteiger partial charge is 0.489 e. The van der Waals surface area contributed by atoms with Crippen molar-refractivity contribution in [1.82, 2.24) is 9.97 Å². The molecule has 6 nitrogen and oxygen atoms in total. The Morgan fingerprint density at radius 3 is 2.32 bits per heavy atom. The van der Waals surface area contributed by atoms with Crippen LogP contribution in [-0.2, 0) is 16.9 Å². The number of hydrogen-bond donors (Lipinski definition) is 1. The van der Waals surface area contributed by atoms with Crippen molar-refractivity contribution in [2.45, 2.75) is 38.1 Å². The molecule has 0 amide bonds. The molecule has 0 aliphatic heterocycles. The molecule has 1 aromatic heterocycles. The van der Waals surface area contributed by atoms with E-state index in [-0.39, 0.29) is 17.2 Å². The maximum absolute atomic E-state index is 14.0. The number of rotatable bonds is 7. The van der Waals surface area contributed by atoms with Crippen molar-refractivity contribution < 1.29 is 32.5 Å². The third kappa shape index (κ3) is 5.15. The molecule has 1 N–H and O–H groups in total. The Bertz CT molecular complexity index is 1150. The average molecular weight is 495 g/mol. The van der Waals surface area contributed by atoms with Crippen molar-refractivity contribution in [1.29, 1.82) is 0 Å². The number of ether oxygens (including phenoxy) is 2. The van der Waals surface area contributed by atoms with Gasteiger partial charge < -0.3 is 14.6 Å². The highest BCUT2D eigenvalue weighted by atomic mass is 35.5. The minimum absolute atomic E-state index is 0.00575. The van der Waals surface area contributed by atoms with E-state index < -0.39 is 29.4 Å². The van der Waals surface area contributed by atoms with Crippen molar-refractivity contribution >= 4 is 17.6 Å². The van der Waals surface area contributed by atoms with E-state index in [9.17, 15) is 23.1 Å². The Kier molecular flexibility index (Phi) is 7.48. The number of hydrogen-bond acceptors (Lipinski definition) is 6. The van der Waals surface area contributed by atoms with Gasteiger partial charge in [0.15, 0.2) is 0 Å². The Balaban J connectivity index is 1.81. The van der Waals surface area contributed by atoms with Gasteiger partial charge in [0, 0.05) is 17.1 Å². The molecule has 3 rings (SSSR count). The number of alkyl halides is 3. The molecule has 2 atom stereocenters. The molecule has 0 spiro atoms. The number of aliphatic hydroxyl groups is 1. The van der Waals surface area contributed by atoms with Crippen molar-refractivity contribution in [2.24, 2.45) is 0 Å². The smallest absolute Gasteiger partial charge is 0.423 e. The summed E-state index contributed by atoms with van der Waals surface area (Å²) < 4.78 is 52.4. The summed E-state index contributed by atoms with van der Waals surface area (Å²) in [6, 6.07) is 10.8. The van der Waals surface area contributed by atoms with Gasteiger partial charge >= 0.3 is 12.1 Å². The summed E-state index contributed by atoms with van der Waals surface area (Å²) in [4.78, 5) is 19.1. The quantitative estimate of drug-likeness (QED) is 0.445. The van der Waals surface area contributed by atoms with E-state index in [1.54, 1.807) is 31.2 Å². The second-order valence-corrected chi connectivity index (χ2v) is 8.10. The second-order valence-electron chi connectivity index (χ2n) is 7.69. The first-order valence-corrected chi connectivity index (χ1v) is 10.5. The van der Waals surface area contributed by atoms with Crippen LogP contribution in [0.2, 0.25) is 5.02 Å². The number of carbonyl (C=O) groups excluding carboxylic acids is 1. The summed E-state index contributed by atoms with van der Waals surface area (Å²) >= 11 is 6.30. The summed E-state index contributed by atoms with van der Waals surface area (Å²) in [6.45, 7) is 2.94. The van der Waals surface area contributed by atoms with E-state index in [1.165, 1.54) is 32.2 Å². The highest BCUT2D eigenvalue weighted by Crippen LogP contribution is 2.49. The fourth-order valence-corrected chi connectivity index (χ4v) is 3.73. The zero-order valence-corrected chi connectivity index (χ0v) is 19.3. The predicted molar refractivity (Wildman–Crippen MR) is 119 cm³/mol. The SMILES string of the molecule is COC(=O)c1ccc(COc2ccc(C(C)C(O)(c3cnc(C)cn3)C(F)(F)F)c(Cl)c2)cc1. The van der Waals surface area contributed by atoms with Gasteiger partial charge in [-0.1, -0.05) is 36.7 Å². The van der Waals surface area contributed by atoms with E-state index >= 15 is 0 Å². The number of halogens is 4. The Morgan fingerprint density at radius 1 is 1.12 bits per heavy atom. The fourth-order valence-electron chi connectivity index (χ4n) is 3.40. The van der Waals surface area contributed by atoms with Crippen LogP contribution in [0.3, 0.4) is 0 Å². The third-order valence-corrected chi connectivity index (χ3v) is 5.78. The topological polar surface area (TPSA) is 81.5 Å². The molecular weight excluding hydrogens is 473 g/mol. The number of benzene rings is 2. The lowest BCUT2D eigenvalue weighted by Crippen LogP contribution is -2.47. The molecule has 0 bridgehead atoms. The summed E-state index contributed by atoms with van der Waals surface area (Å²) in [6.07, 6.45) is -2.96. The zero-order chi connectivity index (χ0) is 25.1. The molecule has 0 radical (unpaired) electrons. The summed E-state index contributed by atoms with van der Waals surface area (Å²) in [5.74, 6) is -1.63. The van der Waals surface area contributed by atoms with Crippen LogP contribution in [0.5, 0.6) is 5.75 Å². The van der Waals surface area contributed by atoms with Gasteiger partial charge in [0.05, 0.1) is 24.6 Å². The van der Waals surface area contributed by atoms with Crippen LogP contribution in [0, 0.1) is 6.92 Å². The minimum Gasteiger partial charge on any atom is -0.489 e. The summed E-state index contributed by atoms with van der Waals surface area (Å²) in [7, 11) is 1.29. The van der Waals surface area contributed by atoms with Crippen LogP contribution in [0.25, 0.3) is 0 Å². The summed E-state index contributed by atoms with van der Waals surface area (Å²) in [5.41, 5.74) is -2.29. The number of methoxy groups -OCH3 is 1. The van der Waals surface area contributed by atoms with Crippen molar-refractivity contribution in [3.05, 3.63) is 88.0 Å². The van der Waals surface area contributed by atoms with E-state index in [0.717, 1.165) is 18.0 Å². The van der Waals surface area contributed by atoms with Gasteiger partial charge in [0.1, 0.15) is 18.1 Å². The first kappa shape index (κ1) is 25.5. The van der Waals surface area contributed by atoms with Gasteiger partial charge in [-0.05, 0) is 42.3 Å². The molecule has 0 aliphatic carbocycles. The van der Waals surface area contributed by atoms with Gasteiger partial charge in [0.2, 0.25) is 5.60 Å². The summed E-state index contributed by atoms with van der Waals surface area (Å²) in [5, 5.41) is 10.8. The maximum Gasteiger partial charge on any atom is 0.423 e. The van der Waals surface area contributed by atoms with Crippen LogP contribution in [0.1, 0.15) is 45.7 Å². The molecule has 3 aromatic rings. The Morgan fingerprint density at radius 2 is 1.79 bits per heavy atom. The third-order valence-electron chi connectivity index (χ3n) is 5.45. The van der Waals surface area contributed by atoms with Gasteiger partial charge in [-0.3, -0.25) is 9.97 Å². The van der Waals surface area contributed by atoms with Crippen molar-refractivity contribution in [3.63, 3.8) is 0 Å². The molecule has 0 saturated heterocycles. The highest BCUT2D eigenvalue weighted by Gasteiger charge is 2.60. The monoisotopic (exact) mass is 494 g/mol. The van der Waals surface area contributed by atoms with E-state index in [0.29, 0.717) is 17.0 Å². The maximum atomic E-state index is 14.0.